The van der Waals surface area contributed by atoms with Gasteiger partial charge in [0, 0.05) is 12.2 Å². The average molecular weight is 266 g/mol. The maximum Gasteiger partial charge on any atom is 0.453 e. The minimum Gasteiger partial charge on any atom is -0.480 e. The van der Waals surface area contributed by atoms with Crippen molar-refractivity contribution in [3.8, 4) is 0 Å². The summed E-state index contributed by atoms with van der Waals surface area (Å²) in [6, 6.07) is 0. The number of thioether (sulfide) groups is 1. The van der Waals surface area contributed by atoms with E-state index in [0.717, 1.165) is 0 Å². The molecule has 0 bridgehead atoms. The fourth-order valence-corrected chi connectivity index (χ4v) is 1.87. The normalized spacial score (nSPS) is 14.9. The molecule has 0 aliphatic rings. The summed E-state index contributed by atoms with van der Waals surface area (Å²) in [4.78, 5) is 10.5. The van der Waals surface area contributed by atoms with Crippen LogP contribution in [0.15, 0.2) is 0 Å². The molecule has 0 rings (SSSR count). The van der Waals surface area contributed by atoms with Crippen molar-refractivity contribution in [2.24, 2.45) is 0 Å². The van der Waals surface area contributed by atoms with Crippen LogP contribution in [0.1, 0.15) is 19.8 Å². The first-order valence-corrected chi connectivity index (χ1v) is 5.45. The standard InChI is InChI=1S/C8H11F5O2S/c1-2-5(6(14)15)16-4-3-7(9,10)8(11,12)13/h5H,2-4H2,1H3,(H,14,15). The number of hydrogen-bond donors (Lipinski definition) is 1. The zero-order valence-electron chi connectivity index (χ0n) is 8.35. The Balaban J connectivity index is 4.12. The van der Waals surface area contributed by atoms with Crippen LogP contribution in [0.5, 0.6) is 0 Å². The zero-order valence-corrected chi connectivity index (χ0v) is 9.17. The van der Waals surface area contributed by atoms with Gasteiger partial charge in [-0.1, -0.05) is 6.92 Å². The molecule has 8 heteroatoms. The van der Waals surface area contributed by atoms with Crippen LogP contribution in [0.2, 0.25) is 0 Å². The Labute approximate surface area is 93.2 Å². The third-order valence-corrected chi connectivity index (χ3v) is 3.17. The van der Waals surface area contributed by atoms with E-state index in [1.807, 2.05) is 0 Å². The highest BCUT2D eigenvalue weighted by molar-refractivity contribution is 8.00. The summed E-state index contributed by atoms with van der Waals surface area (Å²) in [5.74, 6) is -6.50. The van der Waals surface area contributed by atoms with Gasteiger partial charge in [0.1, 0.15) is 5.25 Å². The minimum atomic E-state index is -5.57. The molecule has 0 saturated carbocycles. The number of carboxylic acids is 1. The molecule has 0 saturated heterocycles. The summed E-state index contributed by atoms with van der Waals surface area (Å²) in [5, 5.41) is 7.59. The molecule has 1 unspecified atom stereocenters. The van der Waals surface area contributed by atoms with Gasteiger partial charge in [-0.15, -0.1) is 11.8 Å². The van der Waals surface area contributed by atoms with E-state index >= 15 is 0 Å². The van der Waals surface area contributed by atoms with Gasteiger partial charge >= 0.3 is 18.1 Å². The Morgan fingerprint density at radius 1 is 1.31 bits per heavy atom. The first kappa shape index (κ1) is 15.5. The monoisotopic (exact) mass is 266 g/mol. The Morgan fingerprint density at radius 2 is 1.81 bits per heavy atom. The Morgan fingerprint density at radius 3 is 2.12 bits per heavy atom. The van der Waals surface area contributed by atoms with E-state index in [0.29, 0.717) is 11.8 Å². The predicted octanol–water partition coefficient (Wildman–Crippen LogP) is 3.17. The quantitative estimate of drug-likeness (QED) is 0.750. The van der Waals surface area contributed by atoms with Crippen LogP contribution in [-0.2, 0) is 4.79 Å². The van der Waals surface area contributed by atoms with Crippen LogP contribution < -0.4 is 0 Å². The largest absolute Gasteiger partial charge is 0.480 e. The molecule has 0 aromatic heterocycles. The molecule has 0 aromatic rings. The van der Waals surface area contributed by atoms with Gasteiger partial charge in [0.25, 0.3) is 0 Å². The number of halogens is 5. The van der Waals surface area contributed by atoms with Crippen molar-refractivity contribution < 1.29 is 31.9 Å². The van der Waals surface area contributed by atoms with Crippen molar-refractivity contribution in [3.05, 3.63) is 0 Å². The van der Waals surface area contributed by atoms with Gasteiger partial charge in [-0.3, -0.25) is 4.79 Å². The second-order valence-corrected chi connectivity index (χ2v) is 4.37. The molecule has 96 valence electrons. The smallest absolute Gasteiger partial charge is 0.453 e. The lowest BCUT2D eigenvalue weighted by atomic mass is 10.2. The molecular weight excluding hydrogens is 255 g/mol. The third-order valence-electron chi connectivity index (χ3n) is 1.80. The van der Waals surface area contributed by atoms with Crippen LogP contribution in [-0.4, -0.2) is 34.2 Å². The number of carbonyl (C=O) groups is 1. The van der Waals surface area contributed by atoms with E-state index in [1.54, 1.807) is 0 Å². The summed E-state index contributed by atoms with van der Waals surface area (Å²) in [6.07, 6.45) is -6.79. The lowest BCUT2D eigenvalue weighted by molar-refractivity contribution is -0.282. The lowest BCUT2D eigenvalue weighted by Gasteiger charge is -2.19. The summed E-state index contributed by atoms with van der Waals surface area (Å²) < 4.78 is 60.0. The van der Waals surface area contributed by atoms with Crippen molar-refractivity contribution in [1.29, 1.82) is 0 Å². The van der Waals surface area contributed by atoms with Crippen molar-refractivity contribution in [2.75, 3.05) is 5.75 Å². The van der Waals surface area contributed by atoms with E-state index < -0.39 is 35.5 Å². The van der Waals surface area contributed by atoms with Gasteiger partial charge in [-0.2, -0.15) is 22.0 Å². The molecule has 0 spiro atoms. The second-order valence-electron chi connectivity index (χ2n) is 3.06. The first-order valence-electron chi connectivity index (χ1n) is 4.40. The minimum absolute atomic E-state index is 0.178. The number of aliphatic carboxylic acids is 1. The van der Waals surface area contributed by atoms with Crippen molar-refractivity contribution >= 4 is 17.7 Å². The Kier molecular flexibility index (Phi) is 5.51. The molecule has 0 aliphatic carbocycles. The zero-order chi connectivity index (χ0) is 13.0. The van der Waals surface area contributed by atoms with Crippen molar-refractivity contribution in [3.63, 3.8) is 0 Å². The number of alkyl halides is 5. The molecule has 0 heterocycles. The van der Waals surface area contributed by atoms with Crippen LogP contribution in [0.25, 0.3) is 0 Å². The van der Waals surface area contributed by atoms with Gasteiger partial charge < -0.3 is 5.11 Å². The van der Waals surface area contributed by atoms with Gasteiger partial charge in [0.15, 0.2) is 0 Å². The average Bonchev–Trinajstić information content (AvgIpc) is 2.09. The number of rotatable bonds is 6. The van der Waals surface area contributed by atoms with E-state index in [9.17, 15) is 26.7 Å². The SMILES string of the molecule is CCC(SCCC(F)(F)C(F)(F)F)C(=O)O. The van der Waals surface area contributed by atoms with Crippen LogP contribution in [0.4, 0.5) is 22.0 Å². The second kappa shape index (κ2) is 5.70. The van der Waals surface area contributed by atoms with Crippen LogP contribution in [0.3, 0.4) is 0 Å². The Hall–Kier alpha value is -0.530. The number of hydrogen-bond acceptors (Lipinski definition) is 2. The molecule has 2 nitrogen and oxygen atoms in total. The number of carboxylic acid groups (broad SMARTS) is 1. The van der Waals surface area contributed by atoms with Crippen LogP contribution in [0, 0.1) is 0 Å². The van der Waals surface area contributed by atoms with Crippen molar-refractivity contribution in [1.82, 2.24) is 0 Å². The van der Waals surface area contributed by atoms with Crippen molar-refractivity contribution in [2.45, 2.75) is 37.1 Å². The maximum absolute atomic E-state index is 12.4. The fraction of sp³-hybridized carbons (Fsp3) is 0.875. The molecule has 16 heavy (non-hydrogen) atoms. The van der Waals surface area contributed by atoms with E-state index in [1.165, 1.54) is 6.92 Å². The molecule has 0 radical (unpaired) electrons. The van der Waals surface area contributed by atoms with Gasteiger partial charge in [0.2, 0.25) is 0 Å². The highest BCUT2D eigenvalue weighted by Gasteiger charge is 2.56. The van der Waals surface area contributed by atoms with Crippen LogP contribution >= 0.6 is 11.8 Å². The summed E-state index contributed by atoms with van der Waals surface area (Å²) >= 11 is 0.593. The molecule has 0 amide bonds. The summed E-state index contributed by atoms with van der Waals surface area (Å²) in [6.45, 7) is 1.52. The maximum atomic E-state index is 12.4. The molecule has 0 aliphatic heterocycles. The summed E-state index contributed by atoms with van der Waals surface area (Å²) in [7, 11) is 0. The predicted molar refractivity (Wildman–Crippen MR) is 49.8 cm³/mol. The van der Waals surface area contributed by atoms with Gasteiger partial charge in [0.05, 0.1) is 0 Å². The third kappa shape index (κ3) is 4.54. The highest BCUT2D eigenvalue weighted by Crippen LogP contribution is 2.39. The topological polar surface area (TPSA) is 37.3 Å². The molecule has 0 aromatic carbocycles. The lowest BCUT2D eigenvalue weighted by Crippen LogP contribution is -2.37. The summed E-state index contributed by atoms with van der Waals surface area (Å²) in [5.41, 5.74) is 0. The molecule has 0 fully saturated rings. The molecule has 1 N–H and O–H groups in total. The molecular formula is C8H11F5O2S. The van der Waals surface area contributed by atoms with E-state index in [-0.39, 0.29) is 6.42 Å². The Bertz CT molecular complexity index is 241. The molecule has 1 atom stereocenters. The van der Waals surface area contributed by atoms with Gasteiger partial charge in [-0.25, -0.2) is 0 Å². The first-order chi connectivity index (χ1) is 7.12. The fourth-order valence-electron chi connectivity index (χ4n) is 0.835. The van der Waals surface area contributed by atoms with Gasteiger partial charge in [-0.05, 0) is 6.42 Å². The highest BCUT2D eigenvalue weighted by atomic mass is 32.2. The van der Waals surface area contributed by atoms with E-state index in [4.69, 9.17) is 5.11 Å². The van der Waals surface area contributed by atoms with E-state index in [2.05, 4.69) is 0 Å².